The predicted octanol–water partition coefficient (Wildman–Crippen LogP) is 2.64. The van der Waals surface area contributed by atoms with E-state index in [4.69, 9.17) is 4.74 Å². The van der Waals surface area contributed by atoms with Gasteiger partial charge in [0.15, 0.2) is 0 Å². The first kappa shape index (κ1) is 13.5. The van der Waals surface area contributed by atoms with Gasteiger partial charge in [-0.2, -0.15) is 0 Å². The molecule has 0 aliphatic carbocycles. The highest BCUT2D eigenvalue weighted by atomic mass is 16.5. The van der Waals surface area contributed by atoms with Gasteiger partial charge in [0.25, 0.3) is 0 Å². The first-order valence-electron chi connectivity index (χ1n) is 6.35. The van der Waals surface area contributed by atoms with Crippen molar-refractivity contribution in [2.45, 2.75) is 26.4 Å². The van der Waals surface area contributed by atoms with Crippen LogP contribution in [0.1, 0.15) is 30.0 Å². The second-order valence-electron chi connectivity index (χ2n) is 4.44. The quantitative estimate of drug-likeness (QED) is 0.894. The predicted molar refractivity (Wildman–Crippen MR) is 75.0 cm³/mol. The number of aromatic nitrogens is 2. The first-order chi connectivity index (χ1) is 9.20. The first-order valence-corrected chi connectivity index (χ1v) is 6.35. The van der Waals surface area contributed by atoms with Crippen LogP contribution >= 0.6 is 0 Å². The summed E-state index contributed by atoms with van der Waals surface area (Å²) in [6.07, 6.45) is 1.78. The Kier molecular flexibility index (Phi) is 4.47. The number of ether oxygens (including phenoxy) is 1. The van der Waals surface area contributed by atoms with E-state index in [-0.39, 0.29) is 6.04 Å². The summed E-state index contributed by atoms with van der Waals surface area (Å²) in [7, 11) is 1.69. The molecule has 0 spiro atoms. The van der Waals surface area contributed by atoms with Crippen molar-refractivity contribution in [3.05, 3.63) is 53.6 Å². The highest BCUT2D eigenvalue weighted by Crippen LogP contribution is 2.24. The van der Waals surface area contributed by atoms with Crippen molar-refractivity contribution in [2.75, 3.05) is 7.11 Å². The van der Waals surface area contributed by atoms with Gasteiger partial charge in [0, 0.05) is 24.3 Å². The molecular weight excluding hydrogens is 238 g/mol. The minimum absolute atomic E-state index is 0.200. The van der Waals surface area contributed by atoms with Crippen LogP contribution < -0.4 is 10.1 Å². The van der Waals surface area contributed by atoms with Crippen LogP contribution in [-0.2, 0) is 6.54 Å². The van der Waals surface area contributed by atoms with E-state index in [0.29, 0.717) is 6.54 Å². The maximum Gasteiger partial charge on any atom is 0.125 e. The van der Waals surface area contributed by atoms with Gasteiger partial charge in [-0.25, -0.2) is 9.97 Å². The maximum absolute atomic E-state index is 5.37. The number of rotatable bonds is 5. The van der Waals surface area contributed by atoms with Crippen molar-refractivity contribution in [1.29, 1.82) is 0 Å². The molecule has 0 saturated carbocycles. The second-order valence-corrected chi connectivity index (χ2v) is 4.44. The minimum Gasteiger partial charge on any atom is -0.496 e. The Bertz CT molecular complexity index is 542. The zero-order chi connectivity index (χ0) is 13.7. The van der Waals surface area contributed by atoms with E-state index in [1.165, 1.54) is 0 Å². The summed E-state index contributed by atoms with van der Waals surface area (Å²) < 4.78 is 5.37. The number of hydrogen-bond acceptors (Lipinski definition) is 4. The van der Waals surface area contributed by atoms with Gasteiger partial charge in [0.1, 0.15) is 11.6 Å². The lowest BCUT2D eigenvalue weighted by molar-refractivity contribution is 0.401. The van der Waals surface area contributed by atoms with Gasteiger partial charge < -0.3 is 10.1 Å². The third-order valence-electron chi connectivity index (χ3n) is 3.03. The standard InChI is InChI=1S/C15H19N3O/c1-11(14-6-4-5-7-15(14)19-3)17-10-13-8-9-16-12(2)18-13/h4-9,11,17H,10H2,1-3H3. The van der Waals surface area contributed by atoms with Gasteiger partial charge in [-0.15, -0.1) is 0 Å². The van der Waals surface area contributed by atoms with Crippen molar-refractivity contribution in [1.82, 2.24) is 15.3 Å². The molecule has 1 aromatic carbocycles. The Labute approximate surface area is 113 Å². The number of para-hydroxylation sites is 1. The molecule has 2 rings (SSSR count). The summed E-state index contributed by atoms with van der Waals surface area (Å²) in [5.41, 5.74) is 2.14. The summed E-state index contributed by atoms with van der Waals surface area (Å²) in [6, 6.07) is 10.2. The van der Waals surface area contributed by atoms with E-state index in [1.807, 2.05) is 31.2 Å². The van der Waals surface area contributed by atoms with E-state index >= 15 is 0 Å². The molecule has 1 unspecified atom stereocenters. The lowest BCUT2D eigenvalue weighted by atomic mass is 10.1. The SMILES string of the molecule is COc1ccccc1C(C)NCc1ccnc(C)n1. The average Bonchev–Trinajstić information content (AvgIpc) is 2.45. The molecule has 100 valence electrons. The number of benzene rings is 1. The fraction of sp³-hybridized carbons (Fsp3) is 0.333. The van der Waals surface area contributed by atoms with Gasteiger partial charge in [-0.1, -0.05) is 18.2 Å². The molecule has 1 N–H and O–H groups in total. The number of hydrogen-bond donors (Lipinski definition) is 1. The van der Waals surface area contributed by atoms with Crippen molar-refractivity contribution >= 4 is 0 Å². The summed E-state index contributed by atoms with van der Waals surface area (Å²) >= 11 is 0. The van der Waals surface area contributed by atoms with Crippen LogP contribution in [0, 0.1) is 6.92 Å². The van der Waals surface area contributed by atoms with Gasteiger partial charge in [0.2, 0.25) is 0 Å². The van der Waals surface area contributed by atoms with Gasteiger partial charge in [-0.05, 0) is 26.0 Å². The van der Waals surface area contributed by atoms with Crippen molar-refractivity contribution in [3.8, 4) is 5.75 Å². The van der Waals surface area contributed by atoms with Crippen LogP contribution in [0.4, 0.5) is 0 Å². The summed E-state index contributed by atoms with van der Waals surface area (Å²) in [5.74, 6) is 1.70. The third kappa shape index (κ3) is 3.51. The van der Waals surface area contributed by atoms with Crippen molar-refractivity contribution < 1.29 is 4.74 Å². The molecule has 2 aromatic rings. The molecule has 1 atom stereocenters. The van der Waals surface area contributed by atoms with E-state index in [1.54, 1.807) is 13.3 Å². The normalized spacial score (nSPS) is 12.2. The van der Waals surface area contributed by atoms with Crippen LogP contribution in [0.2, 0.25) is 0 Å². The van der Waals surface area contributed by atoms with Gasteiger partial charge in [-0.3, -0.25) is 0 Å². The molecule has 4 nitrogen and oxygen atoms in total. The number of methoxy groups -OCH3 is 1. The zero-order valence-corrected chi connectivity index (χ0v) is 11.6. The summed E-state index contributed by atoms with van der Waals surface area (Å²) in [4.78, 5) is 8.47. The number of aryl methyl sites for hydroxylation is 1. The molecule has 0 aliphatic heterocycles. The van der Waals surface area contributed by atoms with Crippen LogP contribution in [0.3, 0.4) is 0 Å². The molecule has 1 aromatic heterocycles. The lowest BCUT2D eigenvalue weighted by Crippen LogP contribution is -2.19. The van der Waals surface area contributed by atoms with Crippen LogP contribution in [0.15, 0.2) is 36.5 Å². The average molecular weight is 257 g/mol. The highest BCUT2D eigenvalue weighted by molar-refractivity contribution is 5.35. The lowest BCUT2D eigenvalue weighted by Gasteiger charge is -2.17. The molecule has 0 aliphatic rings. The Balaban J connectivity index is 2.03. The fourth-order valence-corrected chi connectivity index (χ4v) is 2.00. The van der Waals surface area contributed by atoms with Crippen molar-refractivity contribution in [2.24, 2.45) is 0 Å². The van der Waals surface area contributed by atoms with E-state index in [9.17, 15) is 0 Å². The van der Waals surface area contributed by atoms with E-state index in [0.717, 1.165) is 22.8 Å². The van der Waals surface area contributed by atoms with Crippen molar-refractivity contribution in [3.63, 3.8) is 0 Å². The monoisotopic (exact) mass is 257 g/mol. The molecule has 0 bridgehead atoms. The maximum atomic E-state index is 5.37. The summed E-state index contributed by atoms with van der Waals surface area (Å²) in [5, 5.41) is 3.45. The Morgan fingerprint density at radius 3 is 2.79 bits per heavy atom. The largest absolute Gasteiger partial charge is 0.496 e. The van der Waals surface area contributed by atoms with Crippen LogP contribution in [0.25, 0.3) is 0 Å². The zero-order valence-electron chi connectivity index (χ0n) is 11.6. The fourth-order valence-electron chi connectivity index (χ4n) is 2.00. The molecule has 19 heavy (non-hydrogen) atoms. The topological polar surface area (TPSA) is 47.0 Å². The molecule has 0 fully saturated rings. The van der Waals surface area contributed by atoms with E-state index < -0.39 is 0 Å². The number of nitrogens with one attached hydrogen (secondary N) is 1. The molecule has 0 radical (unpaired) electrons. The van der Waals surface area contributed by atoms with E-state index in [2.05, 4.69) is 28.3 Å². The molecule has 0 saturated heterocycles. The van der Waals surface area contributed by atoms with Crippen LogP contribution in [0.5, 0.6) is 5.75 Å². The Morgan fingerprint density at radius 1 is 1.26 bits per heavy atom. The Hall–Kier alpha value is -1.94. The smallest absolute Gasteiger partial charge is 0.125 e. The number of nitrogens with zero attached hydrogens (tertiary/aromatic N) is 2. The second kappa shape index (κ2) is 6.29. The molecule has 0 amide bonds. The molecular formula is C15H19N3O. The summed E-state index contributed by atoms with van der Waals surface area (Å²) in [6.45, 7) is 4.72. The van der Waals surface area contributed by atoms with Gasteiger partial charge >= 0.3 is 0 Å². The van der Waals surface area contributed by atoms with Gasteiger partial charge in [0.05, 0.1) is 12.8 Å². The molecule has 4 heteroatoms. The Morgan fingerprint density at radius 2 is 2.05 bits per heavy atom. The highest BCUT2D eigenvalue weighted by Gasteiger charge is 2.10. The molecule has 1 heterocycles. The van der Waals surface area contributed by atoms with Crippen LogP contribution in [-0.4, -0.2) is 17.1 Å². The minimum atomic E-state index is 0.200. The third-order valence-corrected chi connectivity index (χ3v) is 3.03.